The van der Waals surface area contributed by atoms with Crippen LogP contribution in [0.1, 0.15) is 30.7 Å². The van der Waals surface area contributed by atoms with E-state index >= 15 is 0 Å². The molecule has 2 aliphatic heterocycles. The highest BCUT2D eigenvalue weighted by Gasteiger charge is 2.41. The van der Waals surface area contributed by atoms with Crippen molar-refractivity contribution < 1.29 is 21.4 Å². The fourth-order valence-electron chi connectivity index (χ4n) is 4.08. The van der Waals surface area contributed by atoms with Crippen molar-refractivity contribution in [1.29, 1.82) is 0 Å². The van der Waals surface area contributed by atoms with Gasteiger partial charge in [-0.2, -0.15) is 21.3 Å². The van der Waals surface area contributed by atoms with Crippen LogP contribution in [0.4, 0.5) is 0 Å². The normalized spacial score (nSPS) is 22.3. The molecule has 0 aliphatic carbocycles. The smallest absolute Gasteiger partial charge is 0.281 e. The van der Waals surface area contributed by atoms with Crippen molar-refractivity contribution in [1.82, 2.24) is 23.0 Å². The predicted octanol–water partition coefficient (Wildman–Crippen LogP) is 0.259. The molecule has 0 radical (unpaired) electrons. The first-order valence-electron chi connectivity index (χ1n) is 9.90. The van der Waals surface area contributed by atoms with E-state index in [0.29, 0.717) is 25.2 Å². The lowest BCUT2D eigenvalue weighted by Crippen LogP contribution is -2.50. The second-order valence-electron chi connectivity index (χ2n) is 7.91. The van der Waals surface area contributed by atoms with Crippen molar-refractivity contribution in [3.63, 3.8) is 0 Å². The maximum atomic E-state index is 13.1. The van der Waals surface area contributed by atoms with Gasteiger partial charge in [0.1, 0.15) is 10.6 Å². The zero-order chi connectivity index (χ0) is 21.4. The molecule has 1 aromatic heterocycles. The standard InChI is InChI=1S/C17H31N5O5S2/c1-14-17(15(2)27-18-14)28(23,24)21-10-7-16(13-21)22(29(25,26)19(3)4)12-11-20-8-5-6-9-20/h16H,5-13H2,1-4H3. The molecule has 0 spiro atoms. The van der Waals surface area contributed by atoms with E-state index in [1.807, 2.05) is 0 Å². The van der Waals surface area contributed by atoms with E-state index in [9.17, 15) is 16.8 Å². The lowest BCUT2D eigenvalue weighted by atomic mass is 10.2. The molecule has 0 bridgehead atoms. The average molecular weight is 450 g/mol. The Morgan fingerprint density at radius 3 is 2.31 bits per heavy atom. The van der Waals surface area contributed by atoms with E-state index in [2.05, 4.69) is 10.1 Å². The summed E-state index contributed by atoms with van der Waals surface area (Å²) in [5.74, 6) is 0.248. The zero-order valence-electron chi connectivity index (χ0n) is 17.5. The van der Waals surface area contributed by atoms with Gasteiger partial charge < -0.3 is 9.42 Å². The van der Waals surface area contributed by atoms with Gasteiger partial charge in [0, 0.05) is 46.3 Å². The SMILES string of the molecule is Cc1noc(C)c1S(=O)(=O)N1CCC(N(CCN2CCCC2)S(=O)(=O)N(C)C)C1. The van der Waals surface area contributed by atoms with Gasteiger partial charge in [-0.25, -0.2) is 8.42 Å². The third kappa shape index (κ3) is 4.52. The van der Waals surface area contributed by atoms with Gasteiger partial charge in [-0.15, -0.1) is 0 Å². The van der Waals surface area contributed by atoms with Gasteiger partial charge in [0.05, 0.1) is 0 Å². The van der Waals surface area contributed by atoms with Crippen LogP contribution >= 0.6 is 0 Å². The lowest BCUT2D eigenvalue weighted by Gasteiger charge is -2.31. The Bertz CT molecular complexity index is 903. The van der Waals surface area contributed by atoms with Crippen molar-refractivity contribution in [3.05, 3.63) is 11.5 Å². The minimum atomic E-state index is -3.79. The van der Waals surface area contributed by atoms with Crippen LogP contribution in [-0.2, 0) is 20.2 Å². The topological polar surface area (TPSA) is 107 Å². The zero-order valence-corrected chi connectivity index (χ0v) is 19.2. The molecule has 2 aliphatic rings. The molecule has 1 atom stereocenters. The fraction of sp³-hybridized carbons (Fsp3) is 0.824. The molecule has 0 amide bonds. The molecule has 3 heterocycles. The highest BCUT2D eigenvalue weighted by atomic mass is 32.2. The second kappa shape index (κ2) is 8.60. The molecule has 10 nitrogen and oxygen atoms in total. The largest absolute Gasteiger partial charge is 0.360 e. The summed E-state index contributed by atoms with van der Waals surface area (Å²) in [6.45, 7) is 6.51. The van der Waals surface area contributed by atoms with E-state index in [4.69, 9.17) is 4.52 Å². The summed E-state index contributed by atoms with van der Waals surface area (Å²) in [6, 6.07) is -0.403. The molecular formula is C17H31N5O5S2. The van der Waals surface area contributed by atoms with Gasteiger partial charge in [-0.1, -0.05) is 5.16 Å². The van der Waals surface area contributed by atoms with Crippen molar-refractivity contribution in [2.24, 2.45) is 0 Å². The first-order valence-corrected chi connectivity index (χ1v) is 12.7. The number of aryl methyl sites for hydroxylation is 2. The van der Waals surface area contributed by atoms with Crippen LogP contribution in [0.25, 0.3) is 0 Å². The second-order valence-corrected chi connectivity index (χ2v) is 11.9. The van der Waals surface area contributed by atoms with Crippen LogP contribution in [-0.4, -0.2) is 99.2 Å². The number of sulfonamides is 1. The molecule has 0 aromatic carbocycles. The summed E-state index contributed by atoms with van der Waals surface area (Å²) in [4.78, 5) is 2.34. The summed E-state index contributed by atoms with van der Waals surface area (Å²) in [5.41, 5.74) is 0.317. The Morgan fingerprint density at radius 2 is 1.76 bits per heavy atom. The molecule has 166 valence electrons. The molecule has 3 rings (SSSR count). The van der Waals surface area contributed by atoms with Gasteiger partial charge in [-0.3, -0.25) is 0 Å². The third-order valence-corrected chi connectivity index (χ3v) is 9.80. The minimum absolute atomic E-state index is 0.0808. The van der Waals surface area contributed by atoms with E-state index in [1.54, 1.807) is 13.8 Å². The molecule has 2 fully saturated rings. The van der Waals surface area contributed by atoms with Gasteiger partial charge in [0.15, 0.2) is 5.76 Å². The van der Waals surface area contributed by atoms with Crippen LogP contribution in [0.2, 0.25) is 0 Å². The number of hydrogen-bond donors (Lipinski definition) is 0. The van der Waals surface area contributed by atoms with E-state index < -0.39 is 26.3 Å². The average Bonchev–Trinajstić information content (AvgIpc) is 3.37. The van der Waals surface area contributed by atoms with Crippen molar-refractivity contribution >= 4 is 20.2 Å². The maximum absolute atomic E-state index is 13.1. The molecule has 12 heteroatoms. The van der Waals surface area contributed by atoms with Crippen molar-refractivity contribution in [2.45, 2.75) is 44.0 Å². The Balaban J connectivity index is 1.79. The van der Waals surface area contributed by atoms with Crippen molar-refractivity contribution in [2.75, 3.05) is 53.4 Å². The summed E-state index contributed by atoms with van der Waals surface area (Å²) < 4.78 is 61.1. The molecule has 1 unspecified atom stereocenters. The van der Waals surface area contributed by atoms with Crippen LogP contribution in [0, 0.1) is 13.8 Å². The van der Waals surface area contributed by atoms with Gasteiger partial charge in [0.25, 0.3) is 10.2 Å². The summed E-state index contributed by atoms with van der Waals surface area (Å²) in [6.07, 6.45) is 2.72. The Kier molecular flexibility index (Phi) is 6.71. The molecule has 0 N–H and O–H groups in total. The van der Waals surface area contributed by atoms with Crippen LogP contribution in [0.15, 0.2) is 9.42 Å². The molecule has 2 saturated heterocycles. The summed E-state index contributed by atoms with van der Waals surface area (Å²) in [5, 5.41) is 3.74. The van der Waals surface area contributed by atoms with E-state index in [0.717, 1.165) is 25.9 Å². The Hall–Kier alpha value is -1.05. The van der Waals surface area contributed by atoms with E-state index in [-0.39, 0.29) is 23.7 Å². The lowest BCUT2D eigenvalue weighted by molar-refractivity contribution is 0.252. The molecule has 1 aromatic rings. The van der Waals surface area contributed by atoms with Crippen molar-refractivity contribution in [3.8, 4) is 0 Å². The highest BCUT2D eigenvalue weighted by molar-refractivity contribution is 7.89. The van der Waals surface area contributed by atoms with Gasteiger partial charge in [-0.05, 0) is 46.2 Å². The number of nitrogens with zero attached hydrogens (tertiary/aromatic N) is 5. The number of rotatable bonds is 8. The first-order chi connectivity index (χ1) is 13.5. The Labute approximate surface area is 173 Å². The van der Waals surface area contributed by atoms with Gasteiger partial charge in [0.2, 0.25) is 10.0 Å². The number of hydrogen-bond acceptors (Lipinski definition) is 7. The van der Waals surface area contributed by atoms with Crippen LogP contribution < -0.4 is 0 Å². The third-order valence-electron chi connectivity index (χ3n) is 5.69. The fourth-order valence-corrected chi connectivity index (χ4v) is 7.14. The quantitative estimate of drug-likeness (QED) is 0.560. The highest BCUT2D eigenvalue weighted by Crippen LogP contribution is 2.29. The summed E-state index contributed by atoms with van der Waals surface area (Å²) >= 11 is 0. The number of likely N-dealkylation sites (tertiary alicyclic amines) is 1. The molecular weight excluding hydrogens is 418 g/mol. The summed E-state index contributed by atoms with van der Waals surface area (Å²) in [7, 11) is -4.44. The monoisotopic (exact) mass is 449 g/mol. The number of aromatic nitrogens is 1. The molecule has 0 saturated carbocycles. The van der Waals surface area contributed by atoms with Crippen LogP contribution in [0.3, 0.4) is 0 Å². The minimum Gasteiger partial charge on any atom is -0.360 e. The van der Waals surface area contributed by atoms with Gasteiger partial charge >= 0.3 is 0 Å². The Morgan fingerprint density at radius 1 is 1.10 bits per heavy atom. The predicted molar refractivity (Wildman–Crippen MR) is 108 cm³/mol. The van der Waals surface area contributed by atoms with Crippen LogP contribution in [0.5, 0.6) is 0 Å². The van der Waals surface area contributed by atoms with E-state index in [1.165, 1.54) is 27.0 Å². The first kappa shape index (κ1) is 22.6. The molecule has 29 heavy (non-hydrogen) atoms. The maximum Gasteiger partial charge on any atom is 0.281 e.